The number of amides is 1. The number of allylic oxidation sites excluding steroid dienone is 10. The van der Waals surface area contributed by atoms with Gasteiger partial charge in [-0.3, -0.25) is 9.59 Å². The molecule has 0 aliphatic rings. The van der Waals surface area contributed by atoms with Gasteiger partial charge in [0.1, 0.15) is 6.10 Å². The fourth-order valence-electron chi connectivity index (χ4n) is 7.93. The molecule has 0 aromatic rings. The van der Waals surface area contributed by atoms with Crippen LogP contribution in [0.5, 0.6) is 0 Å². The molecule has 0 saturated heterocycles. The van der Waals surface area contributed by atoms with E-state index in [2.05, 4.69) is 50.4 Å². The summed E-state index contributed by atoms with van der Waals surface area (Å²) >= 11 is 0. The van der Waals surface area contributed by atoms with E-state index in [4.69, 9.17) is 4.74 Å². The molecule has 360 valence electrons. The zero-order chi connectivity index (χ0) is 45.2. The largest absolute Gasteiger partial charge is 0.462 e. The first-order valence-corrected chi connectivity index (χ1v) is 26.6. The third kappa shape index (κ3) is 44.2. The fraction of sp³-hybridized carbons (Fsp3) is 0.786. The molecule has 0 radical (unpaired) electrons. The average molecular weight is 868 g/mol. The molecule has 0 bridgehead atoms. The maximum Gasteiger partial charge on any atom is 0.306 e. The lowest BCUT2D eigenvalue weighted by atomic mass is 10.0. The second-order valence-electron chi connectivity index (χ2n) is 18.1. The fourth-order valence-corrected chi connectivity index (χ4v) is 7.93. The predicted molar refractivity (Wildman–Crippen MR) is 268 cm³/mol. The molecule has 0 fully saturated rings. The van der Waals surface area contributed by atoms with Gasteiger partial charge in [0, 0.05) is 6.42 Å². The van der Waals surface area contributed by atoms with Crippen molar-refractivity contribution in [1.29, 1.82) is 0 Å². The number of aliphatic hydroxyl groups excluding tert-OH is 2. The highest BCUT2D eigenvalue weighted by molar-refractivity contribution is 5.77. The third-order valence-corrected chi connectivity index (χ3v) is 12.0. The Balaban J connectivity index is 4.61. The first-order valence-electron chi connectivity index (χ1n) is 26.6. The van der Waals surface area contributed by atoms with Crippen LogP contribution in [0.15, 0.2) is 60.8 Å². The Kier molecular flexibility index (Phi) is 47.6. The minimum absolute atomic E-state index is 0.0501. The summed E-state index contributed by atoms with van der Waals surface area (Å²) in [6, 6.07) is -0.715. The maximum absolute atomic E-state index is 13.2. The van der Waals surface area contributed by atoms with Crippen LogP contribution in [0.25, 0.3) is 0 Å². The second-order valence-corrected chi connectivity index (χ2v) is 18.1. The second kappa shape index (κ2) is 49.6. The molecule has 0 aromatic carbocycles. The Labute approximate surface area is 384 Å². The lowest BCUT2D eigenvalue weighted by molar-refractivity contribution is -0.151. The van der Waals surface area contributed by atoms with E-state index in [-0.39, 0.29) is 24.9 Å². The summed E-state index contributed by atoms with van der Waals surface area (Å²) < 4.78 is 5.92. The Morgan fingerprint density at radius 1 is 0.468 bits per heavy atom. The van der Waals surface area contributed by atoms with E-state index in [1.165, 1.54) is 141 Å². The van der Waals surface area contributed by atoms with Crippen LogP contribution in [0.1, 0.15) is 258 Å². The number of carbonyl (C=O) groups is 2. The highest BCUT2D eigenvalue weighted by atomic mass is 16.5. The lowest BCUT2D eigenvalue weighted by Crippen LogP contribution is -2.46. The third-order valence-electron chi connectivity index (χ3n) is 12.0. The van der Waals surface area contributed by atoms with Gasteiger partial charge >= 0.3 is 5.97 Å². The molecule has 6 nitrogen and oxygen atoms in total. The standard InChI is InChI=1S/C56H101NO5/c1-4-7-10-13-16-19-21-23-25-27-28-30-32-34-37-40-43-46-49-56(61)62-52(47-44-41-38-36-33-31-29-26-24-22-20-17-14-11-8-5-2)50-55(60)57-53(51-58)54(59)48-45-42-39-35-18-15-12-9-6-3/h11,14,17,20,22,24,26,29,31,33,52-54,58-59H,4-10,12-13,15-16,18-19,21,23,25,27-28,30,32,34-51H2,1-3H3,(H,57,60)/b14-11+,20-17+,24-22+,29-26+,33-31+. The van der Waals surface area contributed by atoms with Gasteiger partial charge in [0.15, 0.2) is 0 Å². The lowest BCUT2D eigenvalue weighted by Gasteiger charge is -2.24. The highest BCUT2D eigenvalue weighted by Crippen LogP contribution is 2.18. The van der Waals surface area contributed by atoms with Gasteiger partial charge in [0.05, 0.1) is 25.2 Å². The van der Waals surface area contributed by atoms with Crippen molar-refractivity contribution in [3.8, 4) is 0 Å². The van der Waals surface area contributed by atoms with Crippen LogP contribution in [-0.4, -0.2) is 46.9 Å². The van der Waals surface area contributed by atoms with Gasteiger partial charge in [0.2, 0.25) is 5.91 Å². The zero-order valence-corrected chi connectivity index (χ0v) is 41.0. The maximum atomic E-state index is 13.2. The number of esters is 1. The van der Waals surface area contributed by atoms with E-state index in [9.17, 15) is 19.8 Å². The first kappa shape index (κ1) is 59.6. The number of hydrogen-bond acceptors (Lipinski definition) is 5. The number of hydrogen-bond donors (Lipinski definition) is 3. The quantitative estimate of drug-likeness (QED) is 0.0322. The molecule has 1 amide bonds. The number of unbranched alkanes of at least 4 members (excludes halogenated alkanes) is 29. The molecule has 3 unspecified atom stereocenters. The van der Waals surface area contributed by atoms with Crippen molar-refractivity contribution in [1.82, 2.24) is 5.32 Å². The van der Waals surface area contributed by atoms with Gasteiger partial charge in [-0.05, 0) is 44.9 Å². The van der Waals surface area contributed by atoms with Crippen LogP contribution >= 0.6 is 0 Å². The number of ether oxygens (including phenoxy) is 1. The summed E-state index contributed by atoms with van der Waals surface area (Å²) in [4.78, 5) is 26.1. The van der Waals surface area contributed by atoms with E-state index in [0.717, 1.165) is 70.6 Å². The van der Waals surface area contributed by atoms with E-state index < -0.39 is 18.2 Å². The summed E-state index contributed by atoms with van der Waals surface area (Å²) in [5.74, 6) is -0.510. The van der Waals surface area contributed by atoms with E-state index in [1.54, 1.807) is 0 Å². The summed E-state index contributed by atoms with van der Waals surface area (Å²) in [6.07, 6.45) is 61.4. The first-order chi connectivity index (χ1) is 30.5. The summed E-state index contributed by atoms with van der Waals surface area (Å²) in [6.45, 7) is 6.38. The average Bonchev–Trinajstić information content (AvgIpc) is 3.26. The van der Waals surface area contributed by atoms with Crippen LogP contribution in [0.2, 0.25) is 0 Å². The molecule has 0 aromatic heterocycles. The molecule has 0 spiro atoms. The number of carbonyl (C=O) groups excluding carboxylic acids is 2. The number of nitrogens with one attached hydrogen (secondary N) is 1. The van der Waals surface area contributed by atoms with Crippen LogP contribution in [0.3, 0.4) is 0 Å². The van der Waals surface area contributed by atoms with Gasteiger partial charge in [-0.2, -0.15) is 0 Å². The van der Waals surface area contributed by atoms with Crippen molar-refractivity contribution in [2.24, 2.45) is 0 Å². The van der Waals surface area contributed by atoms with Crippen molar-refractivity contribution >= 4 is 11.9 Å². The van der Waals surface area contributed by atoms with Crippen molar-refractivity contribution < 1.29 is 24.5 Å². The van der Waals surface area contributed by atoms with Crippen LogP contribution in [0.4, 0.5) is 0 Å². The molecule has 0 saturated carbocycles. The normalized spacial score (nSPS) is 13.7. The number of rotatable bonds is 47. The Hall–Kier alpha value is -2.44. The molecule has 62 heavy (non-hydrogen) atoms. The van der Waals surface area contributed by atoms with Crippen molar-refractivity contribution in [3.63, 3.8) is 0 Å². The summed E-state index contributed by atoms with van der Waals surface area (Å²) in [7, 11) is 0. The molecule has 0 aliphatic heterocycles. The molecule has 0 heterocycles. The molecular formula is C56H101NO5. The van der Waals surface area contributed by atoms with Crippen molar-refractivity contribution in [2.45, 2.75) is 277 Å². The Bertz CT molecular complexity index is 1110. The number of aliphatic hydroxyl groups is 2. The smallest absolute Gasteiger partial charge is 0.306 e. The molecule has 0 aliphatic carbocycles. The topological polar surface area (TPSA) is 95.9 Å². The Morgan fingerprint density at radius 3 is 1.31 bits per heavy atom. The van der Waals surface area contributed by atoms with Gasteiger partial charge in [-0.15, -0.1) is 0 Å². The molecule has 0 rings (SSSR count). The predicted octanol–water partition coefficient (Wildman–Crippen LogP) is 16.0. The van der Waals surface area contributed by atoms with E-state index >= 15 is 0 Å². The minimum atomic E-state index is -0.799. The summed E-state index contributed by atoms with van der Waals surface area (Å²) in [5, 5.41) is 23.7. The van der Waals surface area contributed by atoms with Gasteiger partial charge < -0.3 is 20.3 Å². The van der Waals surface area contributed by atoms with E-state index in [0.29, 0.717) is 19.3 Å². The SMILES string of the molecule is CCC/C=C/C=C/C=C/C=C/C=C/CCCCCC(CC(=O)NC(CO)C(O)CCCCCCCCCCC)OC(=O)CCCCCCCCCCCCCCCCCCCC. The van der Waals surface area contributed by atoms with Crippen LogP contribution in [0, 0.1) is 0 Å². The van der Waals surface area contributed by atoms with Crippen LogP contribution < -0.4 is 5.32 Å². The van der Waals surface area contributed by atoms with Crippen molar-refractivity contribution in [3.05, 3.63) is 60.8 Å². The van der Waals surface area contributed by atoms with Gasteiger partial charge in [0.25, 0.3) is 0 Å². The van der Waals surface area contributed by atoms with E-state index in [1.807, 2.05) is 36.5 Å². The van der Waals surface area contributed by atoms with Gasteiger partial charge in [-0.25, -0.2) is 0 Å². The Morgan fingerprint density at radius 2 is 0.855 bits per heavy atom. The molecule has 3 atom stereocenters. The van der Waals surface area contributed by atoms with Crippen molar-refractivity contribution in [2.75, 3.05) is 6.61 Å². The molecular weight excluding hydrogens is 767 g/mol. The van der Waals surface area contributed by atoms with Gasteiger partial charge in [-0.1, -0.05) is 261 Å². The highest BCUT2D eigenvalue weighted by Gasteiger charge is 2.24. The molecule has 3 N–H and O–H groups in total. The van der Waals surface area contributed by atoms with Crippen LogP contribution in [-0.2, 0) is 14.3 Å². The monoisotopic (exact) mass is 868 g/mol. The minimum Gasteiger partial charge on any atom is -0.462 e. The molecule has 6 heteroatoms. The summed E-state index contributed by atoms with van der Waals surface area (Å²) in [5.41, 5.74) is 0. The zero-order valence-electron chi connectivity index (χ0n) is 41.0.